The largest absolute Gasteiger partial charge is 0.357 e. The van der Waals surface area contributed by atoms with Crippen molar-refractivity contribution in [3.05, 3.63) is 57.8 Å². The highest BCUT2D eigenvalue weighted by atomic mass is 32.1. The third-order valence-electron chi connectivity index (χ3n) is 3.07. The Morgan fingerprint density at radius 3 is 2.59 bits per heavy atom. The zero-order valence-electron chi connectivity index (χ0n) is 12.4. The predicted octanol–water partition coefficient (Wildman–Crippen LogP) is 3.32. The first kappa shape index (κ1) is 16.4. The van der Waals surface area contributed by atoms with Crippen molar-refractivity contribution in [1.82, 2.24) is 10.6 Å². The molecule has 0 aliphatic carbocycles. The zero-order valence-corrected chi connectivity index (χ0v) is 13.2. The molecule has 0 bridgehead atoms. The molecule has 2 aromatic rings. The minimum Gasteiger partial charge on any atom is -0.357 e. The molecule has 22 heavy (non-hydrogen) atoms. The summed E-state index contributed by atoms with van der Waals surface area (Å²) < 4.78 is 27.1. The first-order chi connectivity index (χ1) is 10.7. The SMILES string of the molecule is CCNC(=NCc1ccsc1)NCCc1c(F)cccc1F. The molecular weight excluding hydrogens is 304 g/mol. The molecule has 0 aliphatic rings. The Kier molecular flexibility index (Phi) is 6.33. The second-order valence-corrected chi connectivity index (χ2v) is 5.48. The van der Waals surface area contributed by atoms with Crippen LogP contribution in [0.15, 0.2) is 40.0 Å². The van der Waals surface area contributed by atoms with Gasteiger partial charge in [0.05, 0.1) is 6.54 Å². The lowest BCUT2D eigenvalue weighted by Gasteiger charge is -2.11. The fraction of sp³-hybridized carbons (Fsp3) is 0.312. The van der Waals surface area contributed by atoms with Gasteiger partial charge >= 0.3 is 0 Å². The van der Waals surface area contributed by atoms with Crippen molar-refractivity contribution < 1.29 is 8.78 Å². The zero-order chi connectivity index (χ0) is 15.8. The number of guanidine groups is 1. The van der Waals surface area contributed by atoms with Gasteiger partial charge in [-0.3, -0.25) is 0 Å². The summed E-state index contributed by atoms with van der Waals surface area (Å²) in [5.74, 6) is -0.380. The van der Waals surface area contributed by atoms with Gasteiger partial charge in [-0.1, -0.05) is 6.07 Å². The van der Waals surface area contributed by atoms with E-state index in [1.807, 2.05) is 23.8 Å². The van der Waals surface area contributed by atoms with Crippen LogP contribution in [-0.4, -0.2) is 19.0 Å². The van der Waals surface area contributed by atoms with Crippen LogP contribution in [0.25, 0.3) is 0 Å². The van der Waals surface area contributed by atoms with Crippen LogP contribution in [0.4, 0.5) is 8.78 Å². The highest BCUT2D eigenvalue weighted by Crippen LogP contribution is 2.12. The molecule has 1 aromatic carbocycles. The summed E-state index contributed by atoms with van der Waals surface area (Å²) in [6, 6.07) is 5.93. The average molecular weight is 323 g/mol. The van der Waals surface area contributed by atoms with Crippen molar-refractivity contribution >= 4 is 17.3 Å². The summed E-state index contributed by atoms with van der Waals surface area (Å²) in [7, 11) is 0. The van der Waals surface area contributed by atoms with E-state index in [0.717, 1.165) is 12.1 Å². The minimum atomic E-state index is -0.512. The number of rotatable bonds is 6. The number of hydrogen-bond donors (Lipinski definition) is 2. The maximum atomic E-state index is 13.5. The molecule has 2 N–H and O–H groups in total. The average Bonchev–Trinajstić information content (AvgIpc) is 3.01. The molecule has 6 heteroatoms. The Morgan fingerprint density at radius 2 is 1.95 bits per heavy atom. The van der Waals surface area contributed by atoms with Crippen LogP contribution in [0.2, 0.25) is 0 Å². The van der Waals surface area contributed by atoms with Gasteiger partial charge in [-0.15, -0.1) is 0 Å². The molecule has 1 aromatic heterocycles. The van der Waals surface area contributed by atoms with Crippen molar-refractivity contribution in [3.63, 3.8) is 0 Å². The van der Waals surface area contributed by atoms with E-state index in [1.54, 1.807) is 11.3 Å². The van der Waals surface area contributed by atoms with E-state index in [-0.39, 0.29) is 12.0 Å². The molecule has 0 saturated heterocycles. The molecule has 0 fully saturated rings. The fourth-order valence-electron chi connectivity index (χ4n) is 1.97. The smallest absolute Gasteiger partial charge is 0.191 e. The Hall–Kier alpha value is -1.95. The van der Waals surface area contributed by atoms with Crippen molar-refractivity contribution in [2.75, 3.05) is 13.1 Å². The second-order valence-electron chi connectivity index (χ2n) is 4.70. The van der Waals surface area contributed by atoms with Gasteiger partial charge in [0.1, 0.15) is 11.6 Å². The Bertz CT molecular complexity index is 592. The summed E-state index contributed by atoms with van der Waals surface area (Å²) in [6.45, 7) is 3.68. The van der Waals surface area contributed by atoms with Crippen molar-refractivity contribution in [2.24, 2.45) is 4.99 Å². The first-order valence-corrected chi connectivity index (χ1v) is 8.11. The lowest BCUT2D eigenvalue weighted by atomic mass is 10.1. The third kappa shape index (κ3) is 4.80. The summed E-state index contributed by atoms with van der Waals surface area (Å²) in [5.41, 5.74) is 1.24. The van der Waals surface area contributed by atoms with Crippen molar-refractivity contribution in [1.29, 1.82) is 0 Å². The lowest BCUT2D eigenvalue weighted by Crippen LogP contribution is -2.38. The normalized spacial score (nSPS) is 11.5. The van der Waals surface area contributed by atoms with Gasteiger partial charge in [0, 0.05) is 18.7 Å². The van der Waals surface area contributed by atoms with Gasteiger partial charge in [0.25, 0.3) is 0 Å². The Morgan fingerprint density at radius 1 is 1.18 bits per heavy atom. The lowest BCUT2D eigenvalue weighted by molar-refractivity contribution is 0.553. The van der Waals surface area contributed by atoms with Crippen LogP contribution >= 0.6 is 11.3 Å². The summed E-state index contributed by atoms with van der Waals surface area (Å²) in [4.78, 5) is 4.45. The molecule has 0 unspecified atom stereocenters. The number of nitrogens with zero attached hydrogens (tertiary/aromatic N) is 1. The van der Waals surface area contributed by atoms with E-state index in [4.69, 9.17) is 0 Å². The van der Waals surface area contributed by atoms with Crippen LogP contribution in [0, 0.1) is 11.6 Å². The summed E-state index contributed by atoms with van der Waals surface area (Å²) in [5, 5.41) is 10.3. The monoisotopic (exact) mass is 323 g/mol. The van der Waals surface area contributed by atoms with Crippen molar-refractivity contribution in [3.8, 4) is 0 Å². The molecule has 0 saturated carbocycles. The Labute approximate surface area is 133 Å². The maximum Gasteiger partial charge on any atom is 0.191 e. The standard InChI is InChI=1S/C16H19F2N3S/c1-2-19-16(21-10-12-7-9-22-11-12)20-8-6-13-14(17)4-3-5-15(13)18/h3-5,7,9,11H,2,6,8,10H2,1H3,(H2,19,20,21). The molecular formula is C16H19F2N3S. The molecule has 0 aliphatic heterocycles. The second kappa shape index (κ2) is 8.48. The van der Waals surface area contributed by atoms with Crippen LogP contribution in [0.1, 0.15) is 18.1 Å². The number of halogens is 2. The van der Waals surface area contributed by atoms with Crippen LogP contribution in [0.3, 0.4) is 0 Å². The van der Waals surface area contributed by atoms with E-state index < -0.39 is 11.6 Å². The highest BCUT2D eigenvalue weighted by Gasteiger charge is 2.08. The molecule has 3 nitrogen and oxygen atoms in total. The molecule has 0 spiro atoms. The first-order valence-electron chi connectivity index (χ1n) is 7.17. The summed E-state index contributed by atoms with van der Waals surface area (Å²) >= 11 is 1.63. The molecule has 118 valence electrons. The van der Waals surface area contributed by atoms with Gasteiger partial charge < -0.3 is 10.6 Å². The molecule has 1 heterocycles. The molecule has 0 atom stereocenters. The van der Waals surface area contributed by atoms with Gasteiger partial charge in [-0.2, -0.15) is 11.3 Å². The maximum absolute atomic E-state index is 13.5. The number of thiophene rings is 1. The molecule has 0 radical (unpaired) electrons. The van der Waals surface area contributed by atoms with E-state index in [0.29, 0.717) is 19.0 Å². The Balaban J connectivity index is 1.90. The quantitative estimate of drug-likeness (QED) is 0.632. The topological polar surface area (TPSA) is 36.4 Å². The van der Waals surface area contributed by atoms with Crippen LogP contribution < -0.4 is 10.6 Å². The molecule has 0 amide bonds. The minimum absolute atomic E-state index is 0.101. The highest BCUT2D eigenvalue weighted by molar-refractivity contribution is 7.07. The number of aliphatic imine (C=N–C) groups is 1. The summed E-state index contributed by atoms with van der Waals surface area (Å²) in [6.07, 6.45) is 0.265. The third-order valence-corrected chi connectivity index (χ3v) is 3.81. The fourth-order valence-corrected chi connectivity index (χ4v) is 2.63. The van der Waals surface area contributed by atoms with E-state index >= 15 is 0 Å². The van der Waals surface area contributed by atoms with Crippen molar-refractivity contribution in [2.45, 2.75) is 19.9 Å². The number of hydrogen-bond acceptors (Lipinski definition) is 2. The van der Waals surface area contributed by atoms with E-state index in [2.05, 4.69) is 15.6 Å². The van der Waals surface area contributed by atoms with Gasteiger partial charge in [-0.25, -0.2) is 13.8 Å². The number of nitrogens with one attached hydrogen (secondary N) is 2. The van der Waals surface area contributed by atoms with Crippen LogP contribution in [-0.2, 0) is 13.0 Å². The van der Waals surface area contributed by atoms with E-state index in [1.165, 1.54) is 18.2 Å². The van der Waals surface area contributed by atoms with Crippen LogP contribution in [0.5, 0.6) is 0 Å². The van der Waals surface area contributed by atoms with E-state index in [9.17, 15) is 8.78 Å². The van der Waals surface area contributed by atoms with Gasteiger partial charge in [0.2, 0.25) is 0 Å². The van der Waals surface area contributed by atoms with Gasteiger partial charge in [0.15, 0.2) is 5.96 Å². The van der Waals surface area contributed by atoms with Gasteiger partial charge in [-0.05, 0) is 47.9 Å². The predicted molar refractivity (Wildman–Crippen MR) is 87.2 cm³/mol. The molecule has 2 rings (SSSR count). The number of benzene rings is 1.